The van der Waals surface area contributed by atoms with Gasteiger partial charge in [-0.05, 0) is 132 Å². The molecule has 0 bridgehead atoms. The van der Waals surface area contributed by atoms with Crippen molar-refractivity contribution in [2.45, 2.75) is 62.5 Å². The molecule has 0 radical (unpaired) electrons. The normalized spacial score (nSPS) is 11.9. The molecule has 11 aromatic rings. The second-order valence-corrected chi connectivity index (χ2v) is 25.3. The summed E-state index contributed by atoms with van der Waals surface area (Å²) in [6.45, 7) is -1.000. The molecule has 0 fully saturated rings. The quantitative estimate of drug-likeness (QED) is 0.0952. The van der Waals surface area contributed by atoms with Crippen molar-refractivity contribution in [3.05, 3.63) is 227 Å². The Balaban J connectivity index is 0.000000203. The highest BCUT2D eigenvalue weighted by Gasteiger charge is 2.25. The van der Waals surface area contributed by atoms with Crippen molar-refractivity contribution in [3.63, 3.8) is 0 Å². The lowest BCUT2D eigenvalue weighted by Crippen LogP contribution is -2.30. The number of hydrogen-bond donors (Lipinski definition) is 1. The summed E-state index contributed by atoms with van der Waals surface area (Å²) in [5.41, 5.74) is 6.50. The first-order valence-electron chi connectivity index (χ1n) is 24.7. The van der Waals surface area contributed by atoms with Gasteiger partial charge in [-0.3, -0.25) is 18.7 Å². The van der Waals surface area contributed by atoms with Crippen LogP contribution in [0.25, 0.3) is 26.9 Å². The van der Waals surface area contributed by atoms with Gasteiger partial charge in [0.2, 0.25) is 35.3 Å². The first-order valence-corrected chi connectivity index (χ1v) is 30.0. The number of halogens is 3. The van der Waals surface area contributed by atoms with E-state index in [4.69, 9.17) is 0 Å². The van der Waals surface area contributed by atoms with Crippen LogP contribution in [0.4, 0.5) is 13.2 Å². The number of alkyl halides is 2. The second-order valence-electron chi connectivity index (χ2n) is 18.6. The van der Waals surface area contributed by atoms with Crippen LogP contribution in [0.3, 0.4) is 0 Å². The predicted molar refractivity (Wildman–Crippen MR) is 298 cm³/mol. The fraction of sp³-hybridized carbons (Fsp3) is 0.103. The Morgan fingerprint density at radius 1 is 0.671 bits per heavy atom. The van der Waals surface area contributed by atoms with Gasteiger partial charge in [0.05, 0.1) is 62.4 Å². The van der Waals surface area contributed by atoms with E-state index in [-0.39, 0.29) is 66.6 Å². The van der Waals surface area contributed by atoms with Crippen molar-refractivity contribution >= 4 is 79.6 Å². The molecule has 11 rings (SSSR count). The Morgan fingerprint density at radius 3 is 1.99 bits per heavy atom. The zero-order chi connectivity index (χ0) is 57.9. The monoisotopic (exact) mass is 1180 g/mol. The van der Waals surface area contributed by atoms with Gasteiger partial charge in [-0.25, -0.2) is 44.6 Å². The van der Waals surface area contributed by atoms with Gasteiger partial charge in [0.25, 0.3) is 11.8 Å². The summed E-state index contributed by atoms with van der Waals surface area (Å²) in [5.74, 6) is -1.02. The topological polar surface area (TPSA) is 222 Å². The molecule has 0 saturated carbocycles. The van der Waals surface area contributed by atoms with Gasteiger partial charge < -0.3 is 15.0 Å². The Bertz CT molecular complexity index is 4540. The molecule has 0 saturated heterocycles. The number of hydrogen-bond acceptors (Lipinski definition) is 14. The van der Waals surface area contributed by atoms with E-state index in [0.717, 1.165) is 22.3 Å². The number of benzene rings is 7. The van der Waals surface area contributed by atoms with Crippen LogP contribution < -0.4 is 10.1 Å². The highest BCUT2D eigenvalue weighted by Crippen LogP contribution is 2.31. The van der Waals surface area contributed by atoms with Crippen LogP contribution in [0.2, 0.25) is 0 Å². The van der Waals surface area contributed by atoms with Crippen molar-refractivity contribution in [1.82, 2.24) is 39.3 Å². The third-order valence-corrected chi connectivity index (χ3v) is 19.1. The van der Waals surface area contributed by atoms with Gasteiger partial charge in [-0.15, -0.1) is 11.3 Å². The molecule has 0 aliphatic rings. The molecule has 4 heterocycles. The van der Waals surface area contributed by atoms with Crippen LogP contribution in [0.1, 0.15) is 43.0 Å². The van der Waals surface area contributed by atoms with Gasteiger partial charge in [-0.1, -0.05) is 48.5 Å². The number of ether oxygens (including phenoxy) is 1. The molecular weight excluding hydrogens is 1140 g/mol. The van der Waals surface area contributed by atoms with E-state index in [2.05, 4.69) is 30.1 Å². The van der Waals surface area contributed by atoms with Gasteiger partial charge in [-0.2, -0.15) is 13.9 Å². The number of amides is 2. The van der Waals surface area contributed by atoms with E-state index in [1.165, 1.54) is 90.5 Å². The van der Waals surface area contributed by atoms with E-state index in [9.17, 15) is 48.0 Å². The summed E-state index contributed by atoms with van der Waals surface area (Å²) < 4.78 is 127. The van der Waals surface area contributed by atoms with Crippen LogP contribution in [0, 0.1) is 12.7 Å². The Labute approximate surface area is 471 Å². The molecule has 0 atom stereocenters. The lowest BCUT2D eigenvalue weighted by Gasteiger charge is -2.24. The number of thiazole rings is 1. The molecule has 17 nitrogen and oxygen atoms in total. The van der Waals surface area contributed by atoms with Crippen molar-refractivity contribution in [2.24, 2.45) is 7.05 Å². The average molecular weight is 1180 g/mol. The lowest BCUT2D eigenvalue weighted by atomic mass is 10.1. The minimum Gasteiger partial charge on any atom is -0.435 e. The summed E-state index contributed by atoms with van der Waals surface area (Å²) in [6.07, 6.45) is 7.80. The second kappa shape index (κ2) is 23.2. The van der Waals surface area contributed by atoms with E-state index < -0.39 is 41.9 Å². The number of carbonyl (C=O) groups excluding carboxylic acids is 2. The highest BCUT2D eigenvalue weighted by atomic mass is 32.2. The molecule has 24 heteroatoms. The van der Waals surface area contributed by atoms with E-state index in [0.29, 0.717) is 50.1 Å². The molecule has 7 aromatic carbocycles. The minimum absolute atomic E-state index is 0.00134. The summed E-state index contributed by atoms with van der Waals surface area (Å²) in [7, 11) is -10.0. The number of sulfone groups is 3. The van der Waals surface area contributed by atoms with Crippen molar-refractivity contribution in [2.75, 3.05) is 0 Å². The van der Waals surface area contributed by atoms with Gasteiger partial charge in [0.15, 0.2) is 0 Å². The zero-order valence-electron chi connectivity index (χ0n) is 43.2. The summed E-state index contributed by atoms with van der Waals surface area (Å²) in [4.78, 5) is 40.3. The number of imidazole rings is 1. The van der Waals surface area contributed by atoms with Crippen LogP contribution in [-0.2, 0) is 56.2 Å². The van der Waals surface area contributed by atoms with Crippen molar-refractivity contribution in [1.29, 1.82) is 0 Å². The zero-order valence-corrected chi connectivity index (χ0v) is 46.4. The standard InChI is InChI=1S/C37H29FN4O5S3.C21H16F2N4O4S/c1-24-16-28(38)19-31(17-24)49(44,45)29-11-6-25(7-12-29)21-42(37(43)27-10-15-33-35(18-27)48-23-39-33)22-26-8-13-30(14-9-26)50(46,47)36-5-3-4-34-32(36)20-40-41(34)2;22-20(23)31-16-2-1-3-18(10-16)32(29,30)17-6-4-14(5-7-17)11-25-19(28)15-12-26-21-24-8-9-27(21)13-15/h3-20,23H,21-22H2,1-2H3;1-10,12-13,20H,11H2,(H,25,28). The van der Waals surface area contributed by atoms with Crippen LogP contribution >= 0.6 is 11.3 Å². The summed E-state index contributed by atoms with van der Waals surface area (Å²) >= 11 is 1.42. The molecule has 0 spiro atoms. The molecule has 82 heavy (non-hydrogen) atoms. The van der Waals surface area contributed by atoms with Gasteiger partial charge >= 0.3 is 6.61 Å². The van der Waals surface area contributed by atoms with Crippen LogP contribution in [-0.4, -0.2) is 77.7 Å². The van der Waals surface area contributed by atoms with Crippen LogP contribution in [0.15, 0.2) is 218 Å². The third kappa shape index (κ3) is 12.1. The van der Waals surface area contributed by atoms with Crippen LogP contribution in [0.5, 0.6) is 5.75 Å². The summed E-state index contributed by atoms with van der Waals surface area (Å²) in [6, 6.07) is 37.4. The Kier molecular flexibility index (Phi) is 15.9. The minimum atomic E-state index is -3.98. The van der Waals surface area contributed by atoms with Gasteiger partial charge in [0, 0.05) is 62.4 Å². The number of nitrogens with zero attached hydrogens (tertiary/aromatic N) is 7. The maximum absolute atomic E-state index is 14.0. The lowest BCUT2D eigenvalue weighted by molar-refractivity contribution is -0.0500. The number of aryl methyl sites for hydroxylation is 2. The molecule has 1 N–H and O–H groups in total. The largest absolute Gasteiger partial charge is 0.435 e. The maximum atomic E-state index is 14.0. The van der Waals surface area contributed by atoms with Gasteiger partial charge in [0.1, 0.15) is 11.6 Å². The number of fused-ring (bicyclic) bond motifs is 3. The third-order valence-electron chi connectivity index (χ3n) is 13.0. The molecule has 4 aromatic heterocycles. The number of aromatic nitrogens is 6. The van der Waals surface area contributed by atoms with E-state index in [1.807, 2.05) is 0 Å². The van der Waals surface area contributed by atoms with Crippen molar-refractivity contribution in [3.8, 4) is 5.75 Å². The SMILES string of the molecule is Cc1cc(F)cc(S(=O)(=O)c2ccc(CN(Cc3ccc(S(=O)(=O)c4cccc5c4cnn5C)cc3)C(=O)c3ccc4ncsc4c3)cc2)c1.O=C(NCc1ccc(S(=O)(=O)c2cccc(OC(F)F)c2)cc1)c1cnc2nccn2c1. The fourth-order valence-corrected chi connectivity index (χ4v) is 13.7. The maximum Gasteiger partial charge on any atom is 0.387 e. The smallest absolute Gasteiger partial charge is 0.387 e. The first-order chi connectivity index (χ1) is 39.2. The first kappa shape index (κ1) is 56.2. The van der Waals surface area contributed by atoms with E-state index in [1.54, 1.807) is 125 Å². The van der Waals surface area contributed by atoms with E-state index >= 15 is 0 Å². The molecule has 2 amide bonds. The Morgan fingerprint density at radius 2 is 1.32 bits per heavy atom. The Hall–Kier alpha value is -9.10. The molecular formula is C58H45F3N8O9S4. The highest BCUT2D eigenvalue weighted by molar-refractivity contribution is 7.92. The predicted octanol–water partition coefficient (Wildman–Crippen LogP) is 10.2. The number of rotatable bonds is 16. The number of carbonyl (C=O) groups is 2. The average Bonchev–Trinajstić information content (AvgIpc) is 4.41. The fourth-order valence-electron chi connectivity index (χ4n) is 8.82. The molecule has 0 aliphatic carbocycles. The van der Waals surface area contributed by atoms with Crippen molar-refractivity contribution < 1.29 is 52.8 Å². The molecule has 416 valence electrons. The summed E-state index contributed by atoms with van der Waals surface area (Å²) in [5, 5.41) is 7.47. The molecule has 0 unspecified atom stereocenters. The molecule has 0 aliphatic heterocycles. The number of nitrogens with one attached hydrogen (secondary N) is 1.